The first-order valence-corrected chi connectivity index (χ1v) is 8.55. The Hall–Kier alpha value is -2.08. The maximum atomic E-state index is 11.8. The third-order valence-corrected chi connectivity index (χ3v) is 4.09. The SMILES string of the molecule is CCCCSc1nc(C)cc(Nc2ccccc2C(=O)OC)n1. The number of thioether (sulfide) groups is 1. The van der Waals surface area contributed by atoms with Gasteiger partial charge in [0.05, 0.1) is 18.4 Å². The van der Waals surface area contributed by atoms with Crippen LogP contribution in [0.4, 0.5) is 11.5 Å². The molecular formula is C17H21N3O2S. The standard InChI is InChI=1S/C17H21N3O2S/c1-4-5-10-23-17-18-12(2)11-15(20-17)19-14-9-7-6-8-13(14)16(21)22-3/h6-9,11H,4-5,10H2,1-3H3,(H,18,19,20). The van der Waals surface area contributed by atoms with Crippen LogP contribution in [0.3, 0.4) is 0 Å². The second-order valence-electron chi connectivity index (χ2n) is 5.04. The van der Waals surface area contributed by atoms with Crippen molar-refractivity contribution >= 4 is 29.2 Å². The van der Waals surface area contributed by atoms with Gasteiger partial charge in [-0.2, -0.15) is 0 Å². The number of hydrogen-bond acceptors (Lipinski definition) is 6. The fourth-order valence-electron chi connectivity index (χ4n) is 2.00. The highest BCUT2D eigenvalue weighted by molar-refractivity contribution is 7.99. The zero-order valence-electron chi connectivity index (χ0n) is 13.6. The molecule has 2 aromatic rings. The Labute approximate surface area is 140 Å². The van der Waals surface area contributed by atoms with Crippen LogP contribution < -0.4 is 5.32 Å². The quantitative estimate of drug-likeness (QED) is 0.355. The topological polar surface area (TPSA) is 64.1 Å². The summed E-state index contributed by atoms with van der Waals surface area (Å²) in [6, 6.07) is 9.07. The van der Waals surface area contributed by atoms with Crippen LogP contribution in [-0.2, 0) is 4.74 Å². The van der Waals surface area contributed by atoms with Gasteiger partial charge in [0, 0.05) is 17.5 Å². The fraction of sp³-hybridized carbons (Fsp3) is 0.353. The average molecular weight is 331 g/mol. The van der Waals surface area contributed by atoms with Gasteiger partial charge in [-0.05, 0) is 25.5 Å². The normalized spacial score (nSPS) is 10.4. The molecule has 1 heterocycles. The van der Waals surface area contributed by atoms with Crippen molar-refractivity contribution in [2.45, 2.75) is 31.8 Å². The molecule has 0 atom stereocenters. The first kappa shape index (κ1) is 17.3. The van der Waals surface area contributed by atoms with Crippen LogP contribution in [0, 0.1) is 6.92 Å². The smallest absolute Gasteiger partial charge is 0.339 e. The summed E-state index contributed by atoms with van der Waals surface area (Å²) in [6.45, 7) is 4.09. The molecule has 122 valence electrons. The summed E-state index contributed by atoms with van der Waals surface area (Å²) in [5, 5.41) is 3.94. The third-order valence-electron chi connectivity index (χ3n) is 3.16. The number of nitrogens with zero attached hydrogens (tertiary/aromatic N) is 2. The van der Waals surface area contributed by atoms with Gasteiger partial charge in [-0.25, -0.2) is 14.8 Å². The number of hydrogen-bond donors (Lipinski definition) is 1. The predicted molar refractivity (Wildman–Crippen MR) is 93.5 cm³/mol. The maximum Gasteiger partial charge on any atom is 0.339 e. The van der Waals surface area contributed by atoms with Crippen molar-refractivity contribution in [2.75, 3.05) is 18.2 Å². The lowest BCUT2D eigenvalue weighted by atomic mass is 10.2. The van der Waals surface area contributed by atoms with E-state index >= 15 is 0 Å². The number of para-hydroxylation sites is 1. The largest absolute Gasteiger partial charge is 0.465 e. The minimum atomic E-state index is -0.378. The lowest BCUT2D eigenvalue weighted by Crippen LogP contribution is -2.06. The van der Waals surface area contributed by atoms with Gasteiger partial charge in [-0.1, -0.05) is 37.2 Å². The van der Waals surface area contributed by atoms with E-state index < -0.39 is 0 Å². The lowest BCUT2D eigenvalue weighted by Gasteiger charge is -2.11. The van der Waals surface area contributed by atoms with E-state index in [-0.39, 0.29) is 5.97 Å². The Bertz CT molecular complexity index is 677. The minimum Gasteiger partial charge on any atom is -0.465 e. The van der Waals surface area contributed by atoms with Crippen LogP contribution in [0.2, 0.25) is 0 Å². The van der Waals surface area contributed by atoms with E-state index in [0.717, 1.165) is 29.4 Å². The second kappa shape index (κ2) is 8.53. The molecule has 1 aromatic heterocycles. The third kappa shape index (κ3) is 4.96. The van der Waals surface area contributed by atoms with E-state index in [1.807, 2.05) is 25.1 Å². The Balaban J connectivity index is 2.21. The zero-order valence-corrected chi connectivity index (χ0v) is 14.4. The number of ether oxygens (including phenoxy) is 1. The molecule has 0 unspecified atom stereocenters. The summed E-state index contributed by atoms with van der Waals surface area (Å²) in [6.07, 6.45) is 2.28. The number of aryl methyl sites for hydroxylation is 1. The molecule has 0 amide bonds. The Morgan fingerprint density at radius 1 is 1.30 bits per heavy atom. The second-order valence-corrected chi connectivity index (χ2v) is 6.10. The number of rotatable bonds is 7. The van der Waals surface area contributed by atoms with Crippen molar-refractivity contribution < 1.29 is 9.53 Å². The van der Waals surface area contributed by atoms with Gasteiger partial charge in [-0.15, -0.1) is 0 Å². The van der Waals surface area contributed by atoms with Gasteiger partial charge < -0.3 is 10.1 Å². The Morgan fingerprint density at radius 3 is 2.83 bits per heavy atom. The molecule has 0 fully saturated rings. The summed E-state index contributed by atoms with van der Waals surface area (Å²) in [5.74, 6) is 1.29. The average Bonchev–Trinajstić information content (AvgIpc) is 2.54. The molecular weight excluding hydrogens is 310 g/mol. The molecule has 0 saturated carbocycles. The summed E-state index contributed by atoms with van der Waals surface area (Å²) < 4.78 is 4.81. The van der Waals surface area contributed by atoms with Gasteiger partial charge in [-0.3, -0.25) is 0 Å². The fourth-order valence-corrected chi connectivity index (χ4v) is 2.98. The number of carbonyl (C=O) groups excluding carboxylic acids is 1. The lowest BCUT2D eigenvalue weighted by molar-refractivity contribution is 0.0602. The van der Waals surface area contributed by atoms with Gasteiger partial charge in [0.2, 0.25) is 0 Å². The van der Waals surface area contributed by atoms with Crippen molar-refractivity contribution in [3.63, 3.8) is 0 Å². The van der Waals surface area contributed by atoms with E-state index in [0.29, 0.717) is 17.1 Å². The van der Waals surface area contributed by atoms with Crippen LogP contribution in [0.1, 0.15) is 35.8 Å². The number of anilines is 2. The molecule has 0 aliphatic rings. The number of esters is 1. The molecule has 0 aliphatic carbocycles. The van der Waals surface area contributed by atoms with E-state index in [1.165, 1.54) is 7.11 Å². The summed E-state index contributed by atoms with van der Waals surface area (Å²) >= 11 is 1.65. The van der Waals surface area contributed by atoms with Crippen LogP contribution in [0.25, 0.3) is 0 Å². The molecule has 1 aromatic carbocycles. The van der Waals surface area contributed by atoms with Crippen LogP contribution >= 0.6 is 11.8 Å². The zero-order chi connectivity index (χ0) is 16.7. The number of carbonyl (C=O) groups is 1. The van der Waals surface area contributed by atoms with Crippen molar-refractivity contribution in [2.24, 2.45) is 0 Å². The van der Waals surface area contributed by atoms with Gasteiger partial charge in [0.25, 0.3) is 0 Å². The van der Waals surface area contributed by atoms with Crippen LogP contribution in [0.15, 0.2) is 35.5 Å². The highest BCUT2D eigenvalue weighted by Gasteiger charge is 2.12. The Morgan fingerprint density at radius 2 is 2.09 bits per heavy atom. The monoisotopic (exact) mass is 331 g/mol. The molecule has 2 rings (SSSR count). The van der Waals surface area contributed by atoms with E-state index in [4.69, 9.17) is 4.74 Å². The molecule has 0 aliphatic heterocycles. The van der Waals surface area contributed by atoms with E-state index in [2.05, 4.69) is 22.2 Å². The molecule has 0 spiro atoms. The first-order valence-electron chi connectivity index (χ1n) is 7.57. The van der Waals surface area contributed by atoms with Crippen LogP contribution in [0.5, 0.6) is 0 Å². The van der Waals surface area contributed by atoms with Crippen molar-refractivity contribution in [1.29, 1.82) is 0 Å². The first-order chi connectivity index (χ1) is 11.1. The van der Waals surface area contributed by atoms with Gasteiger partial charge >= 0.3 is 5.97 Å². The molecule has 0 saturated heterocycles. The van der Waals surface area contributed by atoms with Crippen LogP contribution in [-0.4, -0.2) is 28.8 Å². The predicted octanol–water partition coefficient (Wildman–Crippen LogP) is 4.21. The molecule has 6 heteroatoms. The number of benzene rings is 1. The molecule has 1 N–H and O–H groups in total. The summed E-state index contributed by atoms with van der Waals surface area (Å²) in [7, 11) is 1.37. The molecule has 5 nitrogen and oxygen atoms in total. The number of aromatic nitrogens is 2. The number of nitrogens with one attached hydrogen (secondary N) is 1. The Kier molecular flexibility index (Phi) is 6.40. The molecule has 0 bridgehead atoms. The molecule has 23 heavy (non-hydrogen) atoms. The minimum absolute atomic E-state index is 0.378. The number of methoxy groups -OCH3 is 1. The summed E-state index contributed by atoms with van der Waals surface area (Å²) in [4.78, 5) is 20.8. The summed E-state index contributed by atoms with van der Waals surface area (Å²) in [5.41, 5.74) is 2.03. The molecule has 0 radical (unpaired) electrons. The van der Waals surface area contributed by atoms with Crippen molar-refractivity contribution in [1.82, 2.24) is 9.97 Å². The number of unbranched alkanes of at least 4 members (excludes halogenated alkanes) is 1. The van der Waals surface area contributed by atoms with E-state index in [9.17, 15) is 4.79 Å². The highest BCUT2D eigenvalue weighted by Crippen LogP contribution is 2.23. The maximum absolute atomic E-state index is 11.8. The van der Waals surface area contributed by atoms with Crippen molar-refractivity contribution in [3.8, 4) is 0 Å². The van der Waals surface area contributed by atoms with Gasteiger partial charge in [0.1, 0.15) is 5.82 Å². The van der Waals surface area contributed by atoms with E-state index in [1.54, 1.807) is 23.9 Å². The highest BCUT2D eigenvalue weighted by atomic mass is 32.2. The van der Waals surface area contributed by atoms with Crippen molar-refractivity contribution in [3.05, 3.63) is 41.6 Å². The van der Waals surface area contributed by atoms with Gasteiger partial charge in [0.15, 0.2) is 5.16 Å².